The number of halogens is 2. The maximum Gasteiger partial charge on any atom is 0.256 e. The third-order valence-corrected chi connectivity index (χ3v) is 5.52. The molecule has 1 saturated carbocycles. The van der Waals surface area contributed by atoms with Crippen molar-refractivity contribution >= 4 is 23.2 Å². The highest BCUT2D eigenvalue weighted by Gasteiger charge is 2.35. The van der Waals surface area contributed by atoms with Crippen LogP contribution in [-0.2, 0) is 6.54 Å². The normalized spacial score (nSPS) is 21.7. The molecule has 5 nitrogen and oxygen atoms in total. The Morgan fingerprint density at radius 3 is 2.74 bits per heavy atom. The Hall–Kier alpha value is -2.65. The largest absolute Gasteiger partial charge is 0.490 e. The van der Waals surface area contributed by atoms with Gasteiger partial charge in [-0.3, -0.25) is 4.79 Å². The molecule has 0 bridgehead atoms. The Morgan fingerprint density at radius 1 is 1.26 bits per heavy atom. The van der Waals surface area contributed by atoms with E-state index in [9.17, 15) is 9.18 Å². The third kappa shape index (κ3) is 3.47. The van der Waals surface area contributed by atoms with Gasteiger partial charge in [-0.1, -0.05) is 17.7 Å². The quantitative estimate of drug-likeness (QED) is 0.564. The monoisotopic (exact) mass is 385 g/mol. The highest BCUT2D eigenvalue weighted by Crippen LogP contribution is 2.34. The van der Waals surface area contributed by atoms with Crippen molar-refractivity contribution in [1.29, 1.82) is 0 Å². The number of benzene rings is 1. The van der Waals surface area contributed by atoms with E-state index in [1.165, 1.54) is 12.3 Å². The van der Waals surface area contributed by atoms with Gasteiger partial charge >= 0.3 is 0 Å². The molecule has 138 valence electrons. The maximum absolute atomic E-state index is 13.3. The Labute approximate surface area is 161 Å². The Kier molecular flexibility index (Phi) is 4.71. The van der Waals surface area contributed by atoms with Crippen LogP contribution in [0.25, 0.3) is 4.85 Å². The summed E-state index contributed by atoms with van der Waals surface area (Å²) >= 11 is 6.06. The summed E-state index contributed by atoms with van der Waals surface area (Å²) in [6.07, 6.45) is 4.68. The lowest BCUT2D eigenvalue weighted by atomic mass is 9.92. The van der Waals surface area contributed by atoms with E-state index >= 15 is 0 Å². The predicted molar refractivity (Wildman–Crippen MR) is 98.5 cm³/mol. The molecule has 0 N–H and O–H groups in total. The first kappa shape index (κ1) is 17.7. The molecule has 0 spiro atoms. The summed E-state index contributed by atoms with van der Waals surface area (Å²) in [4.78, 5) is 21.3. The molecule has 1 amide bonds. The zero-order chi connectivity index (χ0) is 19.0. The molecule has 2 aromatic rings. The van der Waals surface area contributed by atoms with Gasteiger partial charge in [0.1, 0.15) is 5.75 Å². The summed E-state index contributed by atoms with van der Waals surface area (Å²) in [5.41, 5.74) is 1.62. The lowest BCUT2D eigenvalue weighted by Gasteiger charge is -2.34. The minimum atomic E-state index is -0.552. The number of carbonyl (C=O) groups excluding carboxylic acids is 1. The van der Waals surface area contributed by atoms with Crippen molar-refractivity contribution in [1.82, 2.24) is 9.88 Å². The lowest BCUT2D eigenvalue weighted by Crippen LogP contribution is -2.40. The molecular formula is C20H17ClFN3O2. The zero-order valence-electron chi connectivity index (χ0n) is 14.5. The Morgan fingerprint density at radius 2 is 2.04 bits per heavy atom. The van der Waals surface area contributed by atoms with Gasteiger partial charge in [0.15, 0.2) is 0 Å². The van der Waals surface area contributed by atoms with Gasteiger partial charge in [0.25, 0.3) is 5.91 Å². The van der Waals surface area contributed by atoms with Crippen LogP contribution < -0.4 is 4.74 Å². The first-order chi connectivity index (χ1) is 13.0. The summed E-state index contributed by atoms with van der Waals surface area (Å²) in [7, 11) is 0. The van der Waals surface area contributed by atoms with Crippen LogP contribution in [-0.4, -0.2) is 27.9 Å². The second kappa shape index (κ2) is 7.16. The van der Waals surface area contributed by atoms with Gasteiger partial charge in [-0.25, -0.2) is 9.83 Å². The molecule has 0 atom stereocenters. The van der Waals surface area contributed by atoms with E-state index in [-0.39, 0.29) is 18.1 Å². The minimum Gasteiger partial charge on any atom is -0.490 e. The van der Waals surface area contributed by atoms with Gasteiger partial charge in [-0.05, 0) is 49.4 Å². The predicted octanol–water partition coefficient (Wildman–Crippen LogP) is 4.77. The molecule has 2 aliphatic rings. The number of hydrogen-bond donors (Lipinski definition) is 0. The average molecular weight is 386 g/mol. The van der Waals surface area contributed by atoms with Crippen LogP contribution in [0.4, 0.5) is 10.1 Å². The molecule has 0 saturated heterocycles. The van der Waals surface area contributed by atoms with Crippen LogP contribution >= 0.6 is 11.6 Å². The topological polar surface area (TPSA) is 46.8 Å². The second-order valence-electron chi connectivity index (χ2n) is 6.87. The molecule has 4 rings (SSSR count). The van der Waals surface area contributed by atoms with Crippen LogP contribution in [0.2, 0.25) is 5.02 Å². The molecule has 1 aliphatic heterocycles. The fourth-order valence-corrected chi connectivity index (χ4v) is 4.03. The number of rotatable bonds is 3. The Balaban J connectivity index is 1.36. The van der Waals surface area contributed by atoms with Crippen molar-refractivity contribution in [2.45, 2.75) is 44.4 Å². The van der Waals surface area contributed by atoms with Gasteiger partial charge in [0, 0.05) is 18.8 Å². The van der Waals surface area contributed by atoms with E-state index in [2.05, 4.69) is 9.83 Å². The van der Waals surface area contributed by atoms with E-state index in [1.54, 1.807) is 18.2 Å². The van der Waals surface area contributed by atoms with Crippen LogP contribution in [0, 0.1) is 12.5 Å². The van der Waals surface area contributed by atoms with Crippen LogP contribution in [0.3, 0.4) is 0 Å². The lowest BCUT2D eigenvalue weighted by molar-refractivity contribution is 0.0561. The van der Waals surface area contributed by atoms with Gasteiger partial charge in [0.05, 0.1) is 23.3 Å². The smallest absolute Gasteiger partial charge is 0.256 e. The highest BCUT2D eigenvalue weighted by atomic mass is 35.5. The molecule has 27 heavy (non-hydrogen) atoms. The number of carbonyl (C=O) groups is 1. The molecule has 1 aliphatic carbocycles. The fraction of sp³-hybridized carbons (Fsp3) is 0.350. The standard InChI is InChI=1S/C20H17ClFN3O2/c1-23-18-7-6-15(9-17(18)21)27-14-4-2-13(3-5-14)25-11-12-8-19(22)24-10-16(12)20(25)26/h6-10,13-14H,2-5,11H2. The van der Waals surface area contributed by atoms with E-state index in [0.717, 1.165) is 25.7 Å². The fourth-order valence-electron chi connectivity index (χ4n) is 3.82. The Bertz CT molecular complexity index is 935. The van der Waals surface area contributed by atoms with Crippen molar-refractivity contribution < 1.29 is 13.9 Å². The van der Waals surface area contributed by atoms with Crippen LogP contribution in [0.1, 0.15) is 41.6 Å². The van der Waals surface area contributed by atoms with Crippen molar-refractivity contribution in [3.8, 4) is 5.75 Å². The van der Waals surface area contributed by atoms with Crippen molar-refractivity contribution in [3.63, 3.8) is 0 Å². The third-order valence-electron chi connectivity index (χ3n) is 5.22. The SMILES string of the molecule is [C-]#[N+]c1ccc(OC2CCC(N3Cc4cc(F)ncc4C3=O)CC2)cc1Cl. The summed E-state index contributed by atoms with van der Waals surface area (Å²) in [6.45, 7) is 7.47. The number of ether oxygens (including phenoxy) is 1. The van der Waals surface area contributed by atoms with E-state index in [0.29, 0.717) is 34.1 Å². The molecule has 0 radical (unpaired) electrons. The molecule has 1 fully saturated rings. The molecule has 0 unspecified atom stereocenters. The summed E-state index contributed by atoms with van der Waals surface area (Å²) in [5.74, 6) is 0.0360. The molecule has 1 aromatic carbocycles. The van der Waals surface area contributed by atoms with Crippen LogP contribution in [0.15, 0.2) is 30.5 Å². The molecule has 2 heterocycles. The first-order valence-corrected chi connectivity index (χ1v) is 9.22. The summed E-state index contributed by atoms with van der Waals surface area (Å²) in [5, 5.41) is 0.387. The second-order valence-corrected chi connectivity index (χ2v) is 7.28. The van der Waals surface area contributed by atoms with Gasteiger partial charge in [0.2, 0.25) is 11.6 Å². The molecule has 7 heteroatoms. The van der Waals surface area contributed by atoms with Gasteiger partial charge in [-0.2, -0.15) is 4.39 Å². The summed E-state index contributed by atoms with van der Waals surface area (Å²) in [6, 6.07) is 6.56. The summed E-state index contributed by atoms with van der Waals surface area (Å²) < 4.78 is 19.3. The van der Waals surface area contributed by atoms with E-state index in [4.69, 9.17) is 22.9 Å². The zero-order valence-corrected chi connectivity index (χ0v) is 15.2. The average Bonchev–Trinajstić information content (AvgIpc) is 2.98. The minimum absolute atomic E-state index is 0.0512. The molecule has 1 aromatic heterocycles. The van der Waals surface area contributed by atoms with E-state index < -0.39 is 5.95 Å². The number of aromatic nitrogens is 1. The number of hydrogen-bond acceptors (Lipinski definition) is 3. The van der Waals surface area contributed by atoms with Gasteiger partial charge < -0.3 is 9.64 Å². The molecular weight excluding hydrogens is 369 g/mol. The van der Waals surface area contributed by atoms with Gasteiger partial charge in [-0.15, -0.1) is 0 Å². The number of fused-ring (bicyclic) bond motifs is 1. The number of amides is 1. The van der Waals surface area contributed by atoms with Crippen LogP contribution in [0.5, 0.6) is 5.75 Å². The van der Waals surface area contributed by atoms with E-state index in [1.807, 2.05) is 4.90 Å². The maximum atomic E-state index is 13.3. The number of pyridine rings is 1. The van der Waals surface area contributed by atoms with Crippen molar-refractivity contribution in [2.75, 3.05) is 0 Å². The van der Waals surface area contributed by atoms with Crippen molar-refractivity contribution in [2.24, 2.45) is 0 Å². The van der Waals surface area contributed by atoms with Crippen molar-refractivity contribution in [3.05, 3.63) is 64.0 Å². The number of nitrogens with zero attached hydrogens (tertiary/aromatic N) is 3. The highest BCUT2D eigenvalue weighted by molar-refractivity contribution is 6.33. The first-order valence-electron chi connectivity index (χ1n) is 8.84.